The van der Waals surface area contributed by atoms with Gasteiger partial charge in [-0.3, -0.25) is 4.79 Å². The Morgan fingerprint density at radius 2 is 1.74 bits per heavy atom. The minimum absolute atomic E-state index is 0.139. The zero-order chi connectivity index (χ0) is 19.2. The van der Waals surface area contributed by atoms with Crippen LogP contribution in [-0.4, -0.2) is 25.6 Å². The second-order valence-corrected chi connectivity index (χ2v) is 6.17. The number of amides is 1. The van der Waals surface area contributed by atoms with Crippen LogP contribution in [0.25, 0.3) is 10.8 Å². The van der Waals surface area contributed by atoms with E-state index in [2.05, 4.69) is 10.1 Å². The Morgan fingerprint density at radius 1 is 1.00 bits per heavy atom. The van der Waals surface area contributed by atoms with E-state index in [9.17, 15) is 9.59 Å². The van der Waals surface area contributed by atoms with Crippen molar-refractivity contribution in [1.29, 1.82) is 0 Å². The second-order valence-electron chi connectivity index (χ2n) is 6.17. The summed E-state index contributed by atoms with van der Waals surface area (Å²) in [7, 11) is 1.32. The highest BCUT2D eigenvalue weighted by molar-refractivity contribution is 5.90. The number of carbonyl (C=O) groups excluding carboxylic acids is 2. The largest absolute Gasteiger partial charge is 0.484 e. The van der Waals surface area contributed by atoms with Crippen molar-refractivity contribution in [2.45, 2.75) is 13.0 Å². The normalized spacial score (nSPS) is 11.6. The van der Waals surface area contributed by atoms with E-state index in [1.54, 1.807) is 24.3 Å². The van der Waals surface area contributed by atoms with Gasteiger partial charge < -0.3 is 14.8 Å². The molecule has 0 aliphatic carbocycles. The Bertz CT molecular complexity index is 962. The highest BCUT2D eigenvalue weighted by atomic mass is 16.5. The van der Waals surface area contributed by atoms with Crippen LogP contribution in [0.15, 0.2) is 66.7 Å². The van der Waals surface area contributed by atoms with Crippen LogP contribution in [0.2, 0.25) is 0 Å². The minimum Gasteiger partial charge on any atom is -0.484 e. The van der Waals surface area contributed by atoms with Gasteiger partial charge in [0.1, 0.15) is 5.75 Å². The molecule has 1 N–H and O–H groups in total. The van der Waals surface area contributed by atoms with Gasteiger partial charge in [-0.15, -0.1) is 0 Å². The van der Waals surface area contributed by atoms with Gasteiger partial charge in [0.15, 0.2) is 6.61 Å². The molecule has 0 heterocycles. The average molecular weight is 363 g/mol. The summed E-state index contributed by atoms with van der Waals surface area (Å²) >= 11 is 0. The summed E-state index contributed by atoms with van der Waals surface area (Å²) < 4.78 is 10.2. The van der Waals surface area contributed by atoms with E-state index in [0.29, 0.717) is 11.3 Å². The van der Waals surface area contributed by atoms with Crippen LogP contribution in [-0.2, 0) is 9.53 Å². The molecule has 0 saturated carbocycles. The van der Waals surface area contributed by atoms with Gasteiger partial charge in [-0.25, -0.2) is 4.79 Å². The second kappa shape index (κ2) is 8.36. The first-order chi connectivity index (χ1) is 13.1. The van der Waals surface area contributed by atoms with E-state index in [0.717, 1.165) is 16.3 Å². The van der Waals surface area contributed by atoms with Gasteiger partial charge in [0.05, 0.1) is 18.7 Å². The van der Waals surface area contributed by atoms with E-state index < -0.39 is 5.97 Å². The monoisotopic (exact) mass is 363 g/mol. The molecule has 0 fully saturated rings. The van der Waals surface area contributed by atoms with Crippen molar-refractivity contribution in [1.82, 2.24) is 5.32 Å². The first-order valence-electron chi connectivity index (χ1n) is 8.66. The Balaban J connectivity index is 1.63. The maximum Gasteiger partial charge on any atom is 0.337 e. The smallest absolute Gasteiger partial charge is 0.337 e. The molecule has 0 aromatic heterocycles. The molecule has 5 heteroatoms. The van der Waals surface area contributed by atoms with Crippen LogP contribution < -0.4 is 10.1 Å². The van der Waals surface area contributed by atoms with Gasteiger partial charge in [-0.1, -0.05) is 48.5 Å². The Labute approximate surface area is 157 Å². The molecule has 3 rings (SSSR count). The third-order valence-electron chi connectivity index (χ3n) is 4.29. The molecule has 1 amide bonds. The number of rotatable bonds is 6. The number of hydrogen-bond acceptors (Lipinski definition) is 4. The number of nitrogens with one attached hydrogen (secondary N) is 1. The fraction of sp³-hybridized carbons (Fsp3) is 0.182. The van der Waals surface area contributed by atoms with Crippen LogP contribution in [0, 0.1) is 0 Å². The molecule has 3 aromatic carbocycles. The molecule has 0 aliphatic heterocycles. The van der Waals surface area contributed by atoms with Crippen molar-refractivity contribution in [3.05, 3.63) is 77.9 Å². The molecule has 1 atom stereocenters. The van der Waals surface area contributed by atoms with Crippen molar-refractivity contribution in [3.63, 3.8) is 0 Å². The Kier molecular flexibility index (Phi) is 5.71. The summed E-state index contributed by atoms with van der Waals surface area (Å²) in [4.78, 5) is 23.8. The van der Waals surface area contributed by atoms with Crippen molar-refractivity contribution >= 4 is 22.6 Å². The zero-order valence-electron chi connectivity index (χ0n) is 15.3. The van der Waals surface area contributed by atoms with E-state index in [1.165, 1.54) is 7.11 Å². The predicted octanol–water partition coefficient (Wildman–Crippen LogP) is 3.88. The average Bonchev–Trinajstić information content (AvgIpc) is 2.71. The molecular weight excluding hydrogens is 342 g/mol. The van der Waals surface area contributed by atoms with Crippen LogP contribution in [0.1, 0.15) is 28.9 Å². The Morgan fingerprint density at radius 3 is 2.56 bits per heavy atom. The minimum atomic E-state index is -0.450. The lowest BCUT2D eigenvalue weighted by atomic mass is 10.00. The third-order valence-corrected chi connectivity index (χ3v) is 4.29. The lowest BCUT2D eigenvalue weighted by Crippen LogP contribution is -2.31. The molecule has 0 aliphatic rings. The number of methoxy groups -OCH3 is 1. The summed E-state index contributed by atoms with van der Waals surface area (Å²) in [6.07, 6.45) is 0. The SMILES string of the molecule is COC(=O)c1cccc(OCC(=O)N[C@H](C)c2cccc3ccccc23)c1. The first kappa shape index (κ1) is 18.5. The van der Waals surface area contributed by atoms with Crippen LogP contribution in [0.4, 0.5) is 0 Å². The lowest BCUT2D eigenvalue weighted by Gasteiger charge is -2.17. The molecule has 0 unspecified atom stereocenters. The van der Waals surface area contributed by atoms with E-state index in [1.807, 2.05) is 49.4 Å². The number of fused-ring (bicyclic) bond motifs is 1. The standard InChI is InChI=1S/C22H21NO4/c1-15(19-12-6-8-16-7-3-4-11-20(16)19)23-21(24)14-27-18-10-5-9-17(13-18)22(25)26-2/h3-13,15H,14H2,1-2H3,(H,23,24)/t15-/m1/s1. The maximum absolute atomic E-state index is 12.3. The molecule has 3 aromatic rings. The highest BCUT2D eigenvalue weighted by Gasteiger charge is 2.13. The molecule has 0 spiro atoms. The molecule has 5 nitrogen and oxygen atoms in total. The van der Waals surface area contributed by atoms with E-state index in [-0.39, 0.29) is 18.6 Å². The van der Waals surface area contributed by atoms with Gasteiger partial charge in [0.25, 0.3) is 5.91 Å². The molecule has 27 heavy (non-hydrogen) atoms. The molecule has 138 valence electrons. The summed E-state index contributed by atoms with van der Waals surface area (Å²) in [5.74, 6) is -0.251. The summed E-state index contributed by atoms with van der Waals surface area (Å²) in [6, 6.07) is 20.5. The van der Waals surface area contributed by atoms with Gasteiger partial charge in [-0.05, 0) is 41.5 Å². The molecular formula is C22H21NO4. The predicted molar refractivity (Wildman–Crippen MR) is 104 cm³/mol. The van der Waals surface area contributed by atoms with Crippen molar-refractivity contribution < 1.29 is 19.1 Å². The van der Waals surface area contributed by atoms with Crippen molar-refractivity contribution in [3.8, 4) is 5.75 Å². The number of benzene rings is 3. The summed E-state index contributed by atoms with van der Waals surface area (Å²) in [5.41, 5.74) is 1.42. The summed E-state index contributed by atoms with van der Waals surface area (Å²) in [5, 5.41) is 5.19. The fourth-order valence-electron chi connectivity index (χ4n) is 2.97. The fourth-order valence-corrected chi connectivity index (χ4v) is 2.97. The lowest BCUT2D eigenvalue weighted by molar-refractivity contribution is -0.123. The highest BCUT2D eigenvalue weighted by Crippen LogP contribution is 2.24. The van der Waals surface area contributed by atoms with Crippen molar-refractivity contribution in [2.75, 3.05) is 13.7 Å². The van der Waals surface area contributed by atoms with Crippen LogP contribution in [0.3, 0.4) is 0 Å². The van der Waals surface area contributed by atoms with Crippen LogP contribution >= 0.6 is 0 Å². The number of esters is 1. The number of hydrogen-bond donors (Lipinski definition) is 1. The van der Waals surface area contributed by atoms with Gasteiger partial charge >= 0.3 is 5.97 Å². The number of carbonyl (C=O) groups is 2. The van der Waals surface area contributed by atoms with Crippen molar-refractivity contribution in [2.24, 2.45) is 0 Å². The number of ether oxygens (including phenoxy) is 2. The topological polar surface area (TPSA) is 64.6 Å². The van der Waals surface area contributed by atoms with Crippen LogP contribution in [0.5, 0.6) is 5.75 Å². The zero-order valence-corrected chi connectivity index (χ0v) is 15.3. The summed E-state index contributed by atoms with van der Waals surface area (Å²) in [6.45, 7) is 1.80. The maximum atomic E-state index is 12.3. The van der Waals surface area contributed by atoms with E-state index >= 15 is 0 Å². The Hall–Kier alpha value is -3.34. The molecule has 0 saturated heterocycles. The van der Waals surface area contributed by atoms with Gasteiger partial charge in [0.2, 0.25) is 0 Å². The molecule has 0 radical (unpaired) electrons. The van der Waals surface area contributed by atoms with Gasteiger partial charge in [0, 0.05) is 0 Å². The third kappa shape index (κ3) is 4.44. The first-order valence-corrected chi connectivity index (χ1v) is 8.66. The quantitative estimate of drug-likeness (QED) is 0.675. The van der Waals surface area contributed by atoms with E-state index in [4.69, 9.17) is 4.74 Å². The molecule has 0 bridgehead atoms. The van der Waals surface area contributed by atoms with Gasteiger partial charge in [-0.2, -0.15) is 0 Å².